The third kappa shape index (κ3) is 4.44. The molecule has 4 aromatic rings. The fourth-order valence-electron chi connectivity index (χ4n) is 5.32. The van der Waals surface area contributed by atoms with Gasteiger partial charge in [0.25, 0.3) is 11.5 Å². The molecule has 2 aliphatic rings. The van der Waals surface area contributed by atoms with Crippen molar-refractivity contribution in [3.63, 3.8) is 0 Å². The number of amides is 1. The van der Waals surface area contributed by atoms with Crippen LogP contribution in [0, 0.1) is 11.8 Å². The number of nitrogens with zero attached hydrogens (tertiary/aromatic N) is 8. The number of pyridine rings is 1. The van der Waals surface area contributed by atoms with Crippen molar-refractivity contribution in [2.24, 2.45) is 18.9 Å². The number of carbonyl (C=O) groups is 2. The first-order chi connectivity index (χ1) is 20.0. The van der Waals surface area contributed by atoms with Gasteiger partial charge in [-0.1, -0.05) is 13.0 Å². The summed E-state index contributed by atoms with van der Waals surface area (Å²) in [5.74, 6) is -4.03. The Bertz CT molecular complexity index is 1830. The van der Waals surface area contributed by atoms with Crippen molar-refractivity contribution in [1.82, 2.24) is 33.6 Å². The second-order valence-electron chi connectivity index (χ2n) is 10.6. The van der Waals surface area contributed by atoms with Gasteiger partial charge in [-0.15, -0.1) is 0 Å². The summed E-state index contributed by atoms with van der Waals surface area (Å²) < 4.78 is 30.4. The van der Waals surface area contributed by atoms with Crippen LogP contribution in [-0.4, -0.2) is 64.3 Å². The zero-order valence-electron chi connectivity index (χ0n) is 23.0. The summed E-state index contributed by atoms with van der Waals surface area (Å²) in [7, 11) is 1.44. The fraction of sp³-hybridized carbons (Fsp3) is 0.407. The Balaban J connectivity index is 1.20. The number of aryl methyl sites for hydroxylation is 1. The van der Waals surface area contributed by atoms with Crippen LogP contribution < -0.4 is 21.5 Å². The van der Waals surface area contributed by atoms with Gasteiger partial charge in [-0.05, 0) is 19.1 Å². The van der Waals surface area contributed by atoms with Crippen molar-refractivity contribution in [1.29, 1.82) is 0 Å². The van der Waals surface area contributed by atoms with Crippen LogP contribution in [0.1, 0.15) is 26.3 Å². The van der Waals surface area contributed by atoms with Crippen molar-refractivity contribution in [2.45, 2.75) is 38.8 Å². The standard InChI is InChI=1S/C27H27F2N9O4/c1-4-16(39)10-37-24(41)21-22(35(3)26(37)42)32-13-38(21)14(2)23(40)34-20-7-5-6-19(33-20)15-8-30-25(31-9-15)36-11-17-18(12-36)27(17,28)29/h5-9,13-14,17-18H,4,10-12H2,1-3H3,(H,33,34,40)/t14-,17?,18?/m0/s1. The Labute approximate surface area is 236 Å². The predicted molar refractivity (Wildman–Crippen MR) is 147 cm³/mol. The molecule has 2 fully saturated rings. The number of alkyl halides is 2. The van der Waals surface area contributed by atoms with Crippen LogP contribution in [0.5, 0.6) is 0 Å². The van der Waals surface area contributed by atoms with E-state index in [1.54, 1.807) is 49.3 Å². The first kappa shape index (κ1) is 27.4. The summed E-state index contributed by atoms with van der Waals surface area (Å²) >= 11 is 0. The van der Waals surface area contributed by atoms with Gasteiger partial charge in [-0.25, -0.2) is 33.5 Å². The number of imidazole rings is 1. The third-order valence-electron chi connectivity index (χ3n) is 8.00. The van der Waals surface area contributed by atoms with E-state index in [0.717, 1.165) is 4.57 Å². The number of halogens is 2. The lowest BCUT2D eigenvalue weighted by Crippen LogP contribution is -2.41. The lowest BCUT2D eigenvalue weighted by Gasteiger charge is -2.19. The predicted octanol–water partition coefficient (Wildman–Crippen LogP) is 1.63. The highest BCUT2D eigenvalue weighted by Gasteiger charge is 2.72. The number of anilines is 2. The van der Waals surface area contributed by atoms with Crippen LogP contribution in [-0.2, 0) is 23.2 Å². The number of Topliss-reactive ketones (excluding diaryl/α,β-unsaturated/α-hetero) is 1. The molecule has 1 aliphatic carbocycles. The molecular formula is C27H27F2N9O4. The SMILES string of the molecule is CCC(=O)Cn1c(=O)c2c(ncn2[C@@H](C)C(=O)Nc2cccc(-c3cnc(N4CC5C(C4)C5(F)F)nc3)n2)n(C)c1=O. The van der Waals surface area contributed by atoms with Gasteiger partial charge in [0.2, 0.25) is 11.9 Å². The maximum Gasteiger partial charge on any atom is 0.332 e. The number of fused-ring (bicyclic) bond motifs is 2. The molecule has 3 atom stereocenters. The van der Waals surface area contributed by atoms with Crippen LogP contribution >= 0.6 is 0 Å². The van der Waals surface area contributed by atoms with Crippen molar-refractivity contribution < 1.29 is 18.4 Å². The Morgan fingerprint density at radius 3 is 2.48 bits per heavy atom. The third-order valence-corrected chi connectivity index (χ3v) is 8.00. The number of hydrogen-bond acceptors (Lipinski definition) is 9. The number of carbonyl (C=O) groups excluding carboxylic acids is 2. The lowest BCUT2D eigenvalue weighted by atomic mass is 10.2. The second kappa shape index (κ2) is 9.92. The van der Waals surface area contributed by atoms with Gasteiger partial charge in [0.05, 0.1) is 30.4 Å². The van der Waals surface area contributed by atoms with Gasteiger partial charge >= 0.3 is 5.69 Å². The smallest absolute Gasteiger partial charge is 0.332 e. The first-order valence-electron chi connectivity index (χ1n) is 13.4. The number of rotatable bonds is 8. The highest BCUT2D eigenvalue weighted by atomic mass is 19.3. The monoisotopic (exact) mass is 579 g/mol. The maximum atomic E-state index is 13.5. The molecule has 1 N–H and O–H groups in total. The summed E-state index contributed by atoms with van der Waals surface area (Å²) in [5, 5.41) is 2.73. The summed E-state index contributed by atoms with van der Waals surface area (Å²) in [6, 6.07) is 4.08. The van der Waals surface area contributed by atoms with E-state index >= 15 is 0 Å². The summed E-state index contributed by atoms with van der Waals surface area (Å²) in [4.78, 5) is 70.2. The molecule has 4 aromatic heterocycles. The molecule has 1 amide bonds. The molecule has 5 heterocycles. The molecule has 1 saturated heterocycles. The summed E-state index contributed by atoms with van der Waals surface area (Å²) in [5.41, 5.74) is -0.228. The number of aromatic nitrogens is 7. The molecule has 218 valence electrons. The number of piperidine rings is 1. The van der Waals surface area contributed by atoms with Crippen molar-refractivity contribution in [2.75, 3.05) is 23.3 Å². The molecule has 13 nitrogen and oxygen atoms in total. The van der Waals surface area contributed by atoms with Gasteiger partial charge < -0.3 is 14.8 Å². The topological polar surface area (TPSA) is 150 Å². The summed E-state index contributed by atoms with van der Waals surface area (Å²) in [6.45, 7) is 3.28. The van der Waals surface area contributed by atoms with Gasteiger partial charge in [-0.3, -0.25) is 23.5 Å². The Kier molecular flexibility index (Phi) is 6.46. The molecule has 2 unspecified atom stereocenters. The van der Waals surface area contributed by atoms with Crippen LogP contribution in [0.25, 0.3) is 22.4 Å². The molecule has 6 rings (SSSR count). The molecule has 0 radical (unpaired) electrons. The van der Waals surface area contributed by atoms with E-state index in [2.05, 4.69) is 25.3 Å². The molecule has 0 aromatic carbocycles. The Hall–Kier alpha value is -4.82. The lowest BCUT2D eigenvalue weighted by molar-refractivity contribution is -0.120. The van der Waals surface area contributed by atoms with Crippen LogP contribution in [0.3, 0.4) is 0 Å². The molecule has 0 spiro atoms. The highest BCUT2D eigenvalue weighted by Crippen LogP contribution is 2.59. The van der Waals surface area contributed by atoms with E-state index in [1.165, 1.54) is 22.5 Å². The normalized spacial score (nSPS) is 19.5. The van der Waals surface area contributed by atoms with Crippen molar-refractivity contribution in [3.05, 3.63) is 57.8 Å². The zero-order chi connectivity index (χ0) is 29.9. The number of nitrogens with one attached hydrogen (secondary N) is 1. The van der Waals surface area contributed by atoms with E-state index in [0.29, 0.717) is 17.2 Å². The van der Waals surface area contributed by atoms with E-state index in [9.17, 15) is 28.0 Å². The average Bonchev–Trinajstić information content (AvgIpc) is 3.41. The van der Waals surface area contributed by atoms with Gasteiger partial charge in [0, 0.05) is 44.5 Å². The molecule has 0 bridgehead atoms. The number of ketones is 1. The highest BCUT2D eigenvalue weighted by molar-refractivity contribution is 5.93. The van der Waals surface area contributed by atoms with E-state index < -0.39 is 41.0 Å². The quantitative estimate of drug-likeness (QED) is 0.329. The van der Waals surface area contributed by atoms with Gasteiger partial charge in [-0.2, -0.15) is 0 Å². The Morgan fingerprint density at radius 2 is 1.81 bits per heavy atom. The second-order valence-corrected chi connectivity index (χ2v) is 10.6. The van der Waals surface area contributed by atoms with Gasteiger partial charge in [0.15, 0.2) is 16.9 Å². The van der Waals surface area contributed by atoms with Crippen LogP contribution in [0.2, 0.25) is 0 Å². The largest absolute Gasteiger partial charge is 0.340 e. The average molecular weight is 580 g/mol. The van der Waals surface area contributed by atoms with Crippen molar-refractivity contribution >= 4 is 34.6 Å². The van der Waals surface area contributed by atoms with Gasteiger partial charge in [0.1, 0.15) is 11.9 Å². The minimum Gasteiger partial charge on any atom is -0.340 e. The molecule has 1 saturated carbocycles. The number of hydrogen-bond donors (Lipinski definition) is 1. The minimum atomic E-state index is -2.58. The first-order valence-corrected chi connectivity index (χ1v) is 13.4. The van der Waals surface area contributed by atoms with Crippen LogP contribution in [0.4, 0.5) is 20.5 Å². The molecule has 42 heavy (non-hydrogen) atoms. The van der Waals surface area contributed by atoms with Crippen molar-refractivity contribution in [3.8, 4) is 11.3 Å². The summed E-state index contributed by atoms with van der Waals surface area (Å²) in [6.07, 6.45) is 4.57. The minimum absolute atomic E-state index is 0.0154. The van der Waals surface area contributed by atoms with E-state index in [-0.39, 0.29) is 48.8 Å². The molecule has 1 aliphatic heterocycles. The Morgan fingerprint density at radius 1 is 1.12 bits per heavy atom. The fourth-order valence-corrected chi connectivity index (χ4v) is 5.32. The zero-order valence-corrected chi connectivity index (χ0v) is 23.0. The molecular weight excluding hydrogens is 552 g/mol. The van der Waals surface area contributed by atoms with E-state index in [1.807, 2.05) is 0 Å². The maximum absolute atomic E-state index is 13.5. The van der Waals surface area contributed by atoms with Crippen LogP contribution in [0.15, 0.2) is 46.5 Å². The van der Waals surface area contributed by atoms with E-state index in [4.69, 9.17) is 0 Å². The molecule has 15 heteroatoms.